The fraction of sp³-hybridized carbons (Fsp3) is 0.326. The molecule has 10 nitrogen and oxygen atoms in total. The van der Waals surface area contributed by atoms with Crippen LogP contribution in [0.15, 0.2) is 78.4 Å². The number of aryl methyl sites for hydroxylation is 3. The second kappa shape index (κ2) is 13.4. The number of benzene rings is 3. The zero-order valence-corrected chi connectivity index (χ0v) is 33.4. The summed E-state index contributed by atoms with van der Waals surface area (Å²) in [7, 11) is 1.72. The Labute approximate surface area is 337 Å². The summed E-state index contributed by atoms with van der Waals surface area (Å²) >= 11 is 14.4. The van der Waals surface area contributed by atoms with E-state index in [1.807, 2.05) is 63.2 Å². The quantitative estimate of drug-likeness (QED) is 0.131. The highest BCUT2D eigenvalue weighted by Crippen LogP contribution is 2.64. The fourth-order valence-electron chi connectivity index (χ4n) is 9.77. The number of para-hydroxylation sites is 1. The summed E-state index contributed by atoms with van der Waals surface area (Å²) in [6.07, 6.45) is 2.50. The van der Waals surface area contributed by atoms with E-state index in [0.29, 0.717) is 45.0 Å². The normalized spacial score (nSPS) is 25.8. The number of fused-ring (bicyclic) bond motifs is 5. The lowest BCUT2D eigenvalue weighted by molar-refractivity contribution is -0.131. The monoisotopic (exact) mass is 808 g/mol. The van der Waals surface area contributed by atoms with Crippen LogP contribution >= 0.6 is 34.5 Å². The Balaban J connectivity index is 1.16. The van der Waals surface area contributed by atoms with E-state index in [0.717, 1.165) is 31.7 Å². The van der Waals surface area contributed by atoms with E-state index in [1.165, 1.54) is 9.80 Å². The summed E-state index contributed by atoms with van der Waals surface area (Å²) in [5.74, 6) is -4.01. The van der Waals surface area contributed by atoms with Gasteiger partial charge in [-0.1, -0.05) is 59.1 Å². The highest BCUT2D eigenvalue weighted by Gasteiger charge is 2.68. The maximum Gasteiger partial charge on any atom is 0.242 e. The summed E-state index contributed by atoms with van der Waals surface area (Å²) in [4.78, 5) is 62.3. The van der Waals surface area contributed by atoms with E-state index >= 15 is 4.79 Å². The molecule has 2 aromatic heterocycles. The summed E-state index contributed by atoms with van der Waals surface area (Å²) < 4.78 is 8.69. The van der Waals surface area contributed by atoms with E-state index in [9.17, 15) is 19.5 Å². The van der Waals surface area contributed by atoms with Crippen LogP contribution in [0.2, 0.25) is 10.0 Å². The molecule has 0 radical (unpaired) electrons. The van der Waals surface area contributed by atoms with Gasteiger partial charge in [0.05, 0.1) is 40.3 Å². The second-order valence-electron chi connectivity index (χ2n) is 15.4. The van der Waals surface area contributed by atoms with Gasteiger partial charge in [0.1, 0.15) is 23.9 Å². The predicted octanol–water partition coefficient (Wildman–Crippen LogP) is 8.03. The molecular weight excluding hydrogens is 771 g/mol. The van der Waals surface area contributed by atoms with E-state index in [2.05, 4.69) is 0 Å². The summed E-state index contributed by atoms with van der Waals surface area (Å²) in [6.45, 7) is 5.51. The van der Waals surface area contributed by atoms with Crippen LogP contribution in [0.3, 0.4) is 0 Å². The third-order valence-corrected chi connectivity index (χ3v) is 14.4. The molecular formula is C43H38Cl2N4O6S. The molecule has 5 aromatic rings. The standard InChI is InChI=1S/C43H38Cl2N4O6S/c1-21-9-11-24(18-31(21)45)48-39(51)27-13-12-25-29(36(27)41(48)53)19-30-40(52)49(42(54)43(30,3)37(25)26-7-5-6-8-33(26)55-16-15-50)35-20-32(46-47(35)4)38-22(2)28-17-23(44)10-14-34(28)56-38/h5-12,14,17-18,20,27,29-30,36-37,50H,13,15-16,19H2,1-4H3. The van der Waals surface area contributed by atoms with Crippen molar-refractivity contribution >= 4 is 79.8 Å². The molecule has 1 saturated carbocycles. The van der Waals surface area contributed by atoms with Gasteiger partial charge in [0.2, 0.25) is 23.6 Å². The Morgan fingerprint density at radius 2 is 1.73 bits per heavy atom. The maximum absolute atomic E-state index is 15.2. The first-order valence-electron chi connectivity index (χ1n) is 18.6. The first-order chi connectivity index (χ1) is 26.8. The molecule has 0 bridgehead atoms. The Morgan fingerprint density at radius 1 is 0.946 bits per heavy atom. The van der Waals surface area contributed by atoms with Crippen molar-refractivity contribution in [2.24, 2.45) is 36.1 Å². The number of carbonyl (C=O) groups excluding carboxylic acids is 4. The van der Waals surface area contributed by atoms with Crippen molar-refractivity contribution in [3.63, 3.8) is 0 Å². The van der Waals surface area contributed by atoms with Crippen molar-refractivity contribution in [3.8, 4) is 16.3 Å². The molecule has 0 spiro atoms. The number of thiophene rings is 1. The van der Waals surface area contributed by atoms with Gasteiger partial charge in [-0.25, -0.2) is 9.80 Å². The minimum absolute atomic E-state index is 0.0261. The minimum atomic E-state index is -1.30. The Kier molecular flexibility index (Phi) is 8.81. The lowest BCUT2D eigenvalue weighted by Crippen LogP contribution is -2.49. The van der Waals surface area contributed by atoms with Crippen molar-refractivity contribution < 1.29 is 29.0 Å². The highest BCUT2D eigenvalue weighted by atomic mass is 35.5. The molecule has 56 heavy (non-hydrogen) atoms. The van der Waals surface area contributed by atoms with Crippen LogP contribution in [0.1, 0.15) is 42.4 Å². The molecule has 13 heteroatoms. The fourth-order valence-corrected chi connectivity index (χ4v) is 11.3. The highest BCUT2D eigenvalue weighted by molar-refractivity contribution is 7.22. The van der Waals surface area contributed by atoms with E-state index in [1.54, 1.807) is 53.4 Å². The average molecular weight is 810 g/mol. The number of halogens is 2. The number of aliphatic hydroxyl groups is 1. The van der Waals surface area contributed by atoms with Gasteiger partial charge in [-0.15, -0.1) is 11.3 Å². The minimum Gasteiger partial charge on any atom is -0.491 e. The van der Waals surface area contributed by atoms with Crippen molar-refractivity contribution in [3.05, 3.63) is 105 Å². The van der Waals surface area contributed by atoms with Crippen LogP contribution in [0, 0.1) is 42.9 Å². The third-order valence-electron chi connectivity index (χ3n) is 12.5. The Morgan fingerprint density at radius 3 is 2.50 bits per heavy atom. The molecule has 4 aliphatic rings. The first-order valence-corrected chi connectivity index (χ1v) is 20.2. The lowest BCUT2D eigenvalue weighted by atomic mass is 9.51. The Bertz CT molecular complexity index is 2560. The van der Waals surface area contributed by atoms with Gasteiger partial charge in [-0.05, 0) is 92.4 Å². The zero-order chi connectivity index (χ0) is 39.4. The van der Waals surface area contributed by atoms with Gasteiger partial charge in [-0.3, -0.25) is 23.9 Å². The molecule has 6 unspecified atom stereocenters. The van der Waals surface area contributed by atoms with Gasteiger partial charge < -0.3 is 9.84 Å². The van der Waals surface area contributed by atoms with Crippen LogP contribution < -0.4 is 14.5 Å². The number of aromatic nitrogens is 2. The third kappa shape index (κ3) is 5.27. The Hall–Kier alpha value is -4.81. The van der Waals surface area contributed by atoms with E-state index < -0.39 is 35.0 Å². The summed E-state index contributed by atoms with van der Waals surface area (Å²) in [6, 6.07) is 20.0. The van der Waals surface area contributed by atoms with E-state index in [4.69, 9.17) is 33.0 Å². The number of hydrogen-bond donors (Lipinski definition) is 1. The van der Waals surface area contributed by atoms with Gasteiger partial charge in [0.15, 0.2) is 0 Å². The molecule has 3 fully saturated rings. The van der Waals surface area contributed by atoms with Crippen molar-refractivity contribution in [2.45, 2.75) is 39.5 Å². The average Bonchev–Trinajstić information content (AvgIpc) is 3.85. The molecule has 4 amide bonds. The topological polar surface area (TPSA) is 122 Å². The first kappa shape index (κ1) is 36.8. The van der Waals surface area contributed by atoms with Gasteiger partial charge >= 0.3 is 0 Å². The number of aliphatic hydroxyl groups excluding tert-OH is 1. The van der Waals surface area contributed by atoms with Crippen LogP contribution in [-0.2, 0) is 26.2 Å². The van der Waals surface area contributed by atoms with E-state index in [-0.39, 0.29) is 43.3 Å². The lowest BCUT2D eigenvalue weighted by Gasteiger charge is -2.49. The molecule has 2 aliphatic carbocycles. The summed E-state index contributed by atoms with van der Waals surface area (Å²) in [5, 5.41) is 16.6. The van der Waals surface area contributed by atoms with Crippen LogP contribution in [0.4, 0.5) is 11.5 Å². The number of nitrogens with zero attached hydrogens (tertiary/aromatic N) is 4. The van der Waals surface area contributed by atoms with Crippen LogP contribution in [-0.4, -0.2) is 51.7 Å². The molecule has 9 rings (SSSR count). The van der Waals surface area contributed by atoms with Crippen LogP contribution in [0.25, 0.3) is 20.7 Å². The smallest absolute Gasteiger partial charge is 0.242 e. The molecule has 4 heterocycles. The zero-order valence-electron chi connectivity index (χ0n) is 31.1. The van der Waals surface area contributed by atoms with Crippen molar-refractivity contribution in [1.29, 1.82) is 0 Å². The van der Waals surface area contributed by atoms with Gasteiger partial charge in [-0.2, -0.15) is 5.10 Å². The number of carbonyl (C=O) groups is 4. The van der Waals surface area contributed by atoms with Crippen LogP contribution in [0.5, 0.6) is 5.75 Å². The number of anilines is 2. The largest absolute Gasteiger partial charge is 0.491 e. The van der Waals surface area contributed by atoms with Crippen molar-refractivity contribution in [1.82, 2.24) is 9.78 Å². The molecule has 2 aliphatic heterocycles. The number of ether oxygens (including phenoxy) is 1. The number of amides is 4. The molecule has 1 N–H and O–H groups in total. The molecule has 2 saturated heterocycles. The molecule has 6 atom stereocenters. The molecule has 3 aromatic carbocycles. The number of allylic oxidation sites excluding steroid dienone is 2. The SMILES string of the molecule is Cc1ccc(N2C(=O)C3CC=C4C(CC5C(=O)N(c6cc(-c7sc8ccc(Cl)cc8c7C)nn6C)C(=O)C5(C)C4c4ccccc4OCCO)C3C2=O)cc1Cl. The maximum atomic E-state index is 15.2. The molecule has 286 valence electrons. The number of imide groups is 2. The number of hydrogen-bond acceptors (Lipinski definition) is 8. The van der Waals surface area contributed by atoms with Gasteiger partial charge in [0.25, 0.3) is 0 Å². The summed E-state index contributed by atoms with van der Waals surface area (Å²) in [5.41, 5.74) is 3.08. The number of rotatable bonds is 7. The van der Waals surface area contributed by atoms with Gasteiger partial charge in [0, 0.05) is 39.3 Å². The second-order valence-corrected chi connectivity index (χ2v) is 17.3. The van der Waals surface area contributed by atoms with Crippen molar-refractivity contribution in [2.75, 3.05) is 23.0 Å². The predicted molar refractivity (Wildman–Crippen MR) is 216 cm³/mol.